The van der Waals surface area contributed by atoms with E-state index in [1.54, 1.807) is 0 Å². The normalized spacial score (nSPS) is 20.6. The van der Waals surface area contributed by atoms with Gasteiger partial charge < -0.3 is 18.7 Å². The predicted octanol–water partition coefficient (Wildman–Crippen LogP) is 1.92. The molecule has 7 nitrogen and oxygen atoms in total. The highest BCUT2D eigenvalue weighted by Crippen LogP contribution is 2.24. The van der Waals surface area contributed by atoms with Crippen molar-refractivity contribution < 1.29 is 18.7 Å². The van der Waals surface area contributed by atoms with Crippen molar-refractivity contribution >= 4 is 0 Å². The van der Waals surface area contributed by atoms with Gasteiger partial charge in [-0.15, -0.1) is 0 Å². The molecule has 0 radical (unpaired) electrons. The van der Waals surface area contributed by atoms with Crippen LogP contribution in [0.2, 0.25) is 0 Å². The fraction of sp³-hybridized carbons (Fsp3) is 0.857. The van der Waals surface area contributed by atoms with Gasteiger partial charge in [-0.1, -0.05) is 5.16 Å². The number of aromatic nitrogens is 2. The van der Waals surface area contributed by atoms with E-state index in [9.17, 15) is 0 Å². The molecule has 7 heteroatoms. The Bertz CT molecular complexity index is 418. The van der Waals surface area contributed by atoms with Gasteiger partial charge in [0.2, 0.25) is 12.1 Å². The van der Waals surface area contributed by atoms with Crippen molar-refractivity contribution in [1.29, 1.82) is 0 Å². The minimum Gasteiger partial charge on any atom is -0.367 e. The molecule has 1 aromatic heterocycles. The van der Waals surface area contributed by atoms with Crippen LogP contribution >= 0.6 is 0 Å². The maximum atomic E-state index is 5.75. The van der Waals surface area contributed by atoms with Gasteiger partial charge in [-0.05, 0) is 27.7 Å². The Labute approximate surface area is 125 Å². The van der Waals surface area contributed by atoms with Gasteiger partial charge in [0.05, 0.1) is 6.61 Å². The molecule has 0 N–H and O–H groups in total. The molecule has 1 aliphatic heterocycles. The summed E-state index contributed by atoms with van der Waals surface area (Å²) in [5.41, 5.74) is 0. The van der Waals surface area contributed by atoms with E-state index in [1.807, 2.05) is 13.8 Å². The molecule has 2 heterocycles. The zero-order chi connectivity index (χ0) is 15.2. The van der Waals surface area contributed by atoms with Gasteiger partial charge >= 0.3 is 0 Å². The number of hydrogen-bond donors (Lipinski definition) is 0. The molecular weight excluding hydrogens is 274 g/mol. The summed E-state index contributed by atoms with van der Waals surface area (Å²) in [4.78, 5) is 6.73. The molecule has 0 aliphatic carbocycles. The predicted molar refractivity (Wildman–Crippen MR) is 75.7 cm³/mol. The number of nitrogens with zero attached hydrogens (tertiary/aromatic N) is 3. The molecule has 1 fully saturated rings. The molecule has 0 spiro atoms. The SMILES string of the molecule is CCOC(OCC)c1nc(C2CN(C(C)C)CCO2)no1. The number of rotatable bonds is 7. The quantitative estimate of drug-likeness (QED) is 0.712. The molecule has 120 valence electrons. The first-order chi connectivity index (χ1) is 10.2. The second kappa shape index (κ2) is 7.84. The minimum atomic E-state index is -0.606. The summed E-state index contributed by atoms with van der Waals surface area (Å²) in [5.74, 6) is 0.902. The van der Waals surface area contributed by atoms with Gasteiger partial charge in [-0.25, -0.2) is 0 Å². The maximum Gasteiger partial charge on any atom is 0.283 e. The van der Waals surface area contributed by atoms with Crippen molar-refractivity contribution in [1.82, 2.24) is 15.0 Å². The van der Waals surface area contributed by atoms with Crippen LogP contribution in [0.25, 0.3) is 0 Å². The maximum absolute atomic E-state index is 5.75. The summed E-state index contributed by atoms with van der Waals surface area (Å²) in [6.45, 7) is 11.5. The molecular formula is C14H25N3O4. The van der Waals surface area contributed by atoms with Crippen molar-refractivity contribution in [3.63, 3.8) is 0 Å². The van der Waals surface area contributed by atoms with E-state index in [-0.39, 0.29) is 6.10 Å². The highest BCUT2D eigenvalue weighted by molar-refractivity contribution is 4.95. The average Bonchev–Trinajstić information content (AvgIpc) is 2.97. The lowest BCUT2D eigenvalue weighted by atomic mass is 10.2. The van der Waals surface area contributed by atoms with Crippen LogP contribution in [0.4, 0.5) is 0 Å². The highest BCUT2D eigenvalue weighted by Gasteiger charge is 2.29. The standard InChI is InChI=1S/C14H25N3O4/c1-5-18-14(19-6-2)13-15-12(16-21-13)11-9-17(10(3)4)7-8-20-11/h10-11,14H,5-9H2,1-4H3. The van der Waals surface area contributed by atoms with E-state index in [4.69, 9.17) is 18.7 Å². The molecule has 21 heavy (non-hydrogen) atoms. The van der Waals surface area contributed by atoms with Crippen LogP contribution < -0.4 is 0 Å². The monoisotopic (exact) mass is 299 g/mol. The fourth-order valence-electron chi connectivity index (χ4n) is 2.26. The molecule has 1 aliphatic rings. The van der Waals surface area contributed by atoms with E-state index >= 15 is 0 Å². The molecule has 1 aromatic rings. The molecule has 1 unspecified atom stereocenters. The smallest absolute Gasteiger partial charge is 0.283 e. The molecule has 2 rings (SSSR count). The third-order valence-corrected chi connectivity index (χ3v) is 3.41. The molecule has 0 amide bonds. The van der Waals surface area contributed by atoms with Gasteiger partial charge in [-0.3, -0.25) is 4.90 Å². The Morgan fingerprint density at radius 2 is 2.00 bits per heavy atom. The first-order valence-corrected chi connectivity index (χ1v) is 7.58. The summed E-state index contributed by atoms with van der Waals surface area (Å²) in [6, 6.07) is 0.474. The summed E-state index contributed by atoms with van der Waals surface area (Å²) >= 11 is 0. The zero-order valence-corrected chi connectivity index (χ0v) is 13.2. The Balaban J connectivity index is 2.04. The summed E-state index contributed by atoms with van der Waals surface area (Å²) in [6.07, 6.45) is -0.770. The van der Waals surface area contributed by atoms with Crippen LogP contribution in [0.3, 0.4) is 0 Å². The Kier molecular flexibility index (Phi) is 6.10. The van der Waals surface area contributed by atoms with Gasteiger partial charge in [0.1, 0.15) is 6.10 Å². The second-order valence-corrected chi connectivity index (χ2v) is 5.18. The van der Waals surface area contributed by atoms with E-state index in [0.29, 0.717) is 37.6 Å². The number of hydrogen-bond acceptors (Lipinski definition) is 7. The van der Waals surface area contributed by atoms with E-state index in [1.165, 1.54) is 0 Å². The number of ether oxygens (including phenoxy) is 3. The molecule has 1 atom stereocenters. The molecule has 0 aromatic carbocycles. The Morgan fingerprint density at radius 1 is 1.29 bits per heavy atom. The van der Waals surface area contributed by atoms with Crippen molar-refractivity contribution in [3.05, 3.63) is 11.7 Å². The van der Waals surface area contributed by atoms with Gasteiger partial charge in [-0.2, -0.15) is 4.98 Å². The summed E-state index contributed by atoms with van der Waals surface area (Å²) < 4.78 is 21.9. The van der Waals surface area contributed by atoms with Crippen molar-refractivity contribution in [3.8, 4) is 0 Å². The average molecular weight is 299 g/mol. The fourth-order valence-corrected chi connectivity index (χ4v) is 2.26. The first-order valence-electron chi connectivity index (χ1n) is 7.58. The third kappa shape index (κ3) is 4.23. The topological polar surface area (TPSA) is 69.9 Å². The third-order valence-electron chi connectivity index (χ3n) is 3.41. The van der Waals surface area contributed by atoms with Gasteiger partial charge in [0.25, 0.3) is 5.89 Å². The highest BCUT2D eigenvalue weighted by atomic mass is 16.7. The van der Waals surface area contributed by atoms with E-state index in [2.05, 4.69) is 28.9 Å². The van der Waals surface area contributed by atoms with Crippen molar-refractivity contribution in [2.24, 2.45) is 0 Å². The van der Waals surface area contributed by atoms with Crippen LogP contribution in [0.15, 0.2) is 4.52 Å². The van der Waals surface area contributed by atoms with Crippen molar-refractivity contribution in [2.45, 2.75) is 46.1 Å². The zero-order valence-electron chi connectivity index (χ0n) is 13.2. The number of morpholine rings is 1. The molecule has 0 bridgehead atoms. The molecule has 1 saturated heterocycles. The lowest BCUT2D eigenvalue weighted by Crippen LogP contribution is -2.42. The summed E-state index contributed by atoms with van der Waals surface area (Å²) in [7, 11) is 0. The van der Waals surface area contributed by atoms with Crippen LogP contribution in [0.1, 0.15) is 51.8 Å². The largest absolute Gasteiger partial charge is 0.367 e. The van der Waals surface area contributed by atoms with Crippen LogP contribution in [0, 0.1) is 0 Å². The Hall–Kier alpha value is -1.02. The lowest BCUT2D eigenvalue weighted by molar-refractivity contribution is -0.155. The minimum absolute atomic E-state index is 0.164. The van der Waals surface area contributed by atoms with Crippen LogP contribution in [-0.2, 0) is 14.2 Å². The second-order valence-electron chi connectivity index (χ2n) is 5.18. The van der Waals surface area contributed by atoms with Crippen LogP contribution in [0.5, 0.6) is 0 Å². The first kappa shape index (κ1) is 16.4. The van der Waals surface area contributed by atoms with E-state index in [0.717, 1.165) is 13.1 Å². The van der Waals surface area contributed by atoms with Crippen molar-refractivity contribution in [2.75, 3.05) is 32.9 Å². The Morgan fingerprint density at radius 3 is 2.62 bits per heavy atom. The lowest BCUT2D eigenvalue weighted by Gasteiger charge is -2.34. The van der Waals surface area contributed by atoms with Crippen LogP contribution in [-0.4, -0.2) is 54.0 Å². The van der Waals surface area contributed by atoms with E-state index < -0.39 is 6.29 Å². The molecule has 0 saturated carbocycles. The van der Waals surface area contributed by atoms with Gasteiger partial charge in [0, 0.05) is 32.3 Å². The van der Waals surface area contributed by atoms with Gasteiger partial charge in [0.15, 0.2) is 0 Å². The summed E-state index contributed by atoms with van der Waals surface area (Å²) in [5, 5.41) is 4.02.